The third-order valence-electron chi connectivity index (χ3n) is 3.31. The van der Waals surface area contributed by atoms with Crippen LogP contribution in [0.5, 0.6) is 0 Å². The van der Waals surface area contributed by atoms with Crippen molar-refractivity contribution < 1.29 is 13.2 Å². The highest BCUT2D eigenvalue weighted by atomic mass is 19.4. The average molecular weight is 247 g/mol. The number of hydrogen-bond donors (Lipinski definition) is 1. The molecule has 1 fully saturated rings. The van der Waals surface area contributed by atoms with Crippen LogP contribution in [-0.2, 0) is 6.18 Å². The molecule has 1 saturated heterocycles. The summed E-state index contributed by atoms with van der Waals surface area (Å²) in [6.07, 6.45) is -2.93. The predicted octanol–water partition coefficient (Wildman–Crippen LogP) is 2.44. The molecule has 2 rings (SSSR count). The molecule has 0 aliphatic carbocycles. The summed E-state index contributed by atoms with van der Waals surface area (Å²) in [5, 5.41) is 7.21. The number of halogens is 3. The van der Waals surface area contributed by atoms with E-state index in [-0.39, 0.29) is 11.6 Å². The average Bonchev–Trinajstić information content (AvgIpc) is 2.56. The van der Waals surface area contributed by atoms with Crippen LogP contribution in [0.25, 0.3) is 0 Å². The van der Waals surface area contributed by atoms with Gasteiger partial charge in [0.2, 0.25) is 0 Å². The molecule has 3 nitrogen and oxygen atoms in total. The fraction of sp³-hybridized carbons (Fsp3) is 0.727. The van der Waals surface area contributed by atoms with Gasteiger partial charge >= 0.3 is 6.18 Å². The highest BCUT2D eigenvalue weighted by molar-refractivity contribution is 5.26. The number of nitrogens with one attached hydrogen (secondary N) is 1. The molecule has 1 aliphatic rings. The second kappa shape index (κ2) is 4.33. The number of alkyl halides is 3. The topological polar surface area (TPSA) is 29.9 Å². The van der Waals surface area contributed by atoms with Gasteiger partial charge in [0.05, 0.1) is 11.7 Å². The maximum absolute atomic E-state index is 13.0. The summed E-state index contributed by atoms with van der Waals surface area (Å²) in [7, 11) is 0. The lowest BCUT2D eigenvalue weighted by Crippen LogP contribution is -2.31. The molecule has 6 heteroatoms. The van der Waals surface area contributed by atoms with Gasteiger partial charge in [0.1, 0.15) is 5.69 Å². The lowest BCUT2D eigenvalue weighted by atomic mass is 10.1. The van der Waals surface area contributed by atoms with Crippen molar-refractivity contribution in [1.29, 1.82) is 0 Å². The van der Waals surface area contributed by atoms with E-state index in [1.165, 1.54) is 11.6 Å². The molecule has 0 bridgehead atoms. The van der Waals surface area contributed by atoms with Crippen molar-refractivity contribution in [3.63, 3.8) is 0 Å². The molecular weight excluding hydrogens is 231 g/mol. The molecule has 0 aromatic carbocycles. The minimum atomic E-state index is -4.32. The Morgan fingerprint density at radius 3 is 2.35 bits per heavy atom. The van der Waals surface area contributed by atoms with E-state index in [0.717, 1.165) is 13.1 Å². The minimum absolute atomic E-state index is 0.139. The summed E-state index contributed by atoms with van der Waals surface area (Å²) in [6.45, 7) is 4.62. The Hall–Kier alpha value is -1.04. The second-order valence-electron chi connectivity index (χ2n) is 4.48. The van der Waals surface area contributed by atoms with E-state index in [0.29, 0.717) is 18.5 Å². The SMILES string of the molecule is Cc1nn(C2CCNCC2)c(C(F)(F)F)c1C. The molecule has 17 heavy (non-hydrogen) atoms. The molecule has 0 radical (unpaired) electrons. The molecule has 1 aliphatic heterocycles. The van der Waals surface area contributed by atoms with Gasteiger partial charge < -0.3 is 5.32 Å². The van der Waals surface area contributed by atoms with E-state index in [1.54, 1.807) is 6.92 Å². The van der Waals surface area contributed by atoms with Crippen LogP contribution in [0.2, 0.25) is 0 Å². The summed E-state index contributed by atoms with van der Waals surface area (Å²) in [5.41, 5.74) is 0.133. The summed E-state index contributed by atoms with van der Waals surface area (Å²) >= 11 is 0. The number of rotatable bonds is 1. The monoisotopic (exact) mass is 247 g/mol. The van der Waals surface area contributed by atoms with E-state index in [9.17, 15) is 13.2 Å². The van der Waals surface area contributed by atoms with Gasteiger partial charge in [0, 0.05) is 5.56 Å². The molecule has 1 N–H and O–H groups in total. The van der Waals surface area contributed by atoms with Crippen LogP contribution in [-0.4, -0.2) is 22.9 Å². The maximum Gasteiger partial charge on any atom is 0.433 e. The number of nitrogens with zero attached hydrogens (tertiary/aromatic N) is 2. The molecule has 0 amide bonds. The number of hydrogen-bond acceptors (Lipinski definition) is 2. The standard InChI is InChI=1S/C11H16F3N3/c1-7-8(2)16-17(10(7)11(12,13)14)9-3-5-15-6-4-9/h9,15H,3-6H2,1-2H3. The van der Waals surface area contributed by atoms with E-state index in [2.05, 4.69) is 10.4 Å². The van der Waals surface area contributed by atoms with Gasteiger partial charge in [-0.2, -0.15) is 18.3 Å². The largest absolute Gasteiger partial charge is 0.433 e. The summed E-state index contributed by atoms with van der Waals surface area (Å²) < 4.78 is 40.2. The minimum Gasteiger partial charge on any atom is -0.317 e. The maximum atomic E-state index is 13.0. The lowest BCUT2D eigenvalue weighted by molar-refractivity contribution is -0.145. The Kier molecular flexibility index (Phi) is 3.16. The number of piperidine rings is 1. The Morgan fingerprint density at radius 1 is 1.24 bits per heavy atom. The van der Waals surface area contributed by atoms with Gasteiger partial charge in [-0.1, -0.05) is 0 Å². The van der Waals surface area contributed by atoms with Crippen LogP contribution >= 0.6 is 0 Å². The van der Waals surface area contributed by atoms with Gasteiger partial charge in [0.15, 0.2) is 0 Å². The van der Waals surface area contributed by atoms with E-state index in [4.69, 9.17) is 0 Å². The smallest absolute Gasteiger partial charge is 0.317 e. The van der Waals surface area contributed by atoms with Crippen molar-refractivity contribution in [2.75, 3.05) is 13.1 Å². The van der Waals surface area contributed by atoms with Crippen molar-refractivity contribution in [2.45, 2.75) is 38.9 Å². The molecule has 96 valence electrons. The van der Waals surface area contributed by atoms with Gasteiger partial charge in [0.25, 0.3) is 0 Å². The predicted molar refractivity (Wildman–Crippen MR) is 57.8 cm³/mol. The molecule has 0 unspecified atom stereocenters. The first-order valence-corrected chi connectivity index (χ1v) is 5.75. The van der Waals surface area contributed by atoms with Gasteiger partial charge in [-0.3, -0.25) is 4.68 Å². The normalized spacial score (nSPS) is 18.6. The van der Waals surface area contributed by atoms with Gasteiger partial charge in [-0.15, -0.1) is 0 Å². The van der Waals surface area contributed by atoms with Crippen molar-refractivity contribution in [3.05, 3.63) is 17.0 Å². The third kappa shape index (κ3) is 2.31. The van der Waals surface area contributed by atoms with Crippen LogP contribution in [0.1, 0.15) is 35.8 Å². The molecule has 0 spiro atoms. The second-order valence-corrected chi connectivity index (χ2v) is 4.48. The van der Waals surface area contributed by atoms with Crippen molar-refractivity contribution in [2.24, 2.45) is 0 Å². The van der Waals surface area contributed by atoms with Crippen LogP contribution in [0.15, 0.2) is 0 Å². The Bertz CT molecular complexity index is 403. The first-order valence-electron chi connectivity index (χ1n) is 5.75. The first kappa shape index (κ1) is 12.4. The Morgan fingerprint density at radius 2 is 1.82 bits per heavy atom. The summed E-state index contributed by atoms with van der Waals surface area (Å²) in [6, 6.07) is -0.139. The fourth-order valence-electron chi connectivity index (χ4n) is 2.29. The summed E-state index contributed by atoms with van der Waals surface area (Å²) in [4.78, 5) is 0. The Labute approximate surface area is 98.0 Å². The number of aryl methyl sites for hydroxylation is 1. The molecular formula is C11H16F3N3. The third-order valence-corrected chi connectivity index (χ3v) is 3.31. The lowest BCUT2D eigenvalue weighted by Gasteiger charge is -2.25. The van der Waals surface area contributed by atoms with E-state index in [1.807, 2.05) is 0 Å². The van der Waals surface area contributed by atoms with Gasteiger partial charge in [-0.05, 0) is 39.8 Å². The number of aromatic nitrogens is 2. The van der Waals surface area contributed by atoms with Crippen LogP contribution in [0, 0.1) is 13.8 Å². The van der Waals surface area contributed by atoms with Crippen LogP contribution in [0.3, 0.4) is 0 Å². The molecule has 2 heterocycles. The van der Waals surface area contributed by atoms with Crippen molar-refractivity contribution in [3.8, 4) is 0 Å². The quantitative estimate of drug-likeness (QED) is 0.826. The van der Waals surface area contributed by atoms with Crippen molar-refractivity contribution >= 4 is 0 Å². The highest BCUT2D eigenvalue weighted by Crippen LogP contribution is 2.36. The van der Waals surface area contributed by atoms with E-state index >= 15 is 0 Å². The zero-order valence-electron chi connectivity index (χ0n) is 9.93. The zero-order chi connectivity index (χ0) is 12.6. The zero-order valence-corrected chi connectivity index (χ0v) is 9.93. The molecule has 1 aromatic rings. The van der Waals surface area contributed by atoms with Crippen LogP contribution < -0.4 is 5.32 Å². The fourth-order valence-corrected chi connectivity index (χ4v) is 2.29. The molecule has 0 saturated carbocycles. The first-order chi connectivity index (χ1) is 7.91. The van der Waals surface area contributed by atoms with Gasteiger partial charge in [-0.25, -0.2) is 0 Å². The van der Waals surface area contributed by atoms with E-state index < -0.39 is 11.9 Å². The highest BCUT2D eigenvalue weighted by Gasteiger charge is 2.39. The molecule has 0 atom stereocenters. The Balaban J connectivity index is 2.42. The van der Waals surface area contributed by atoms with Crippen molar-refractivity contribution in [1.82, 2.24) is 15.1 Å². The van der Waals surface area contributed by atoms with Crippen LogP contribution in [0.4, 0.5) is 13.2 Å². The summed E-state index contributed by atoms with van der Waals surface area (Å²) in [5.74, 6) is 0. The molecule has 1 aromatic heterocycles.